The number of aryl methyl sites for hydroxylation is 1. The van der Waals surface area contributed by atoms with Crippen LogP contribution in [0.2, 0.25) is 0 Å². The number of aromatic nitrogens is 2. The number of amides is 1. The predicted octanol–water partition coefficient (Wildman–Crippen LogP) is 0.543. The first-order chi connectivity index (χ1) is 12.1. The van der Waals surface area contributed by atoms with E-state index < -0.39 is 0 Å². The highest BCUT2D eigenvalue weighted by molar-refractivity contribution is 5.81. The van der Waals surface area contributed by atoms with E-state index in [-0.39, 0.29) is 18.1 Å². The van der Waals surface area contributed by atoms with Gasteiger partial charge >= 0.3 is 0 Å². The van der Waals surface area contributed by atoms with Crippen molar-refractivity contribution < 1.29 is 9.53 Å². The van der Waals surface area contributed by atoms with Crippen LogP contribution in [0.5, 0.6) is 0 Å². The van der Waals surface area contributed by atoms with E-state index in [9.17, 15) is 4.79 Å². The number of hydrogen-bond donors (Lipinski definition) is 0. The van der Waals surface area contributed by atoms with Crippen molar-refractivity contribution in [1.29, 1.82) is 0 Å². The molecular formula is C18H27N5O2. The first kappa shape index (κ1) is 16.7. The van der Waals surface area contributed by atoms with Gasteiger partial charge in [-0.3, -0.25) is 4.79 Å². The maximum Gasteiger partial charge on any atom is 0.251 e. The molecule has 3 saturated heterocycles. The fourth-order valence-corrected chi connectivity index (χ4v) is 4.09. The van der Waals surface area contributed by atoms with Crippen molar-refractivity contribution in [3.8, 4) is 0 Å². The van der Waals surface area contributed by atoms with Crippen LogP contribution >= 0.6 is 0 Å². The van der Waals surface area contributed by atoms with Crippen LogP contribution in [0.1, 0.15) is 18.5 Å². The average Bonchev–Trinajstić information content (AvgIpc) is 3.05. The van der Waals surface area contributed by atoms with Gasteiger partial charge < -0.3 is 19.4 Å². The van der Waals surface area contributed by atoms with E-state index in [2.05, 4.69) is 27.0 Å². The second kappa shape index (κ2) is 6.88. The number of hydrogen-bond acceptors (Lipinski definition) is 6. The van der Waals surface area contributed by atoms with E-state index in [4.69, 9.17) is 4.74 Å². The van der Waals surface area contributed by atoms with Crippen molar-refractivity contribution in [2.45, 2.75) is 32.0 Å². The molecule has 0 saturated carbocycles. The van der Waals surface area contributed by atoms with Gasteiger partial charge in [0.15, 0.2) is 5.82 Å². The molecule has 0 bridgehead atoms. The Kier molecular flexibility index (Phi) is 4.60. The first-order valence-electron chi connectivity index (χ1n) is 9.28. The third-order valence-electron chi connectivity index (χ3n) is 5.75. The predicted molar refractivity (Wildman–Crippen MR) is 94.4 cm³/mol. The first-order valence-corrected chi connectivity index (χ1v) is 9.28. The zero-order valence-corrected chi connectivity index (χ0v) is 15.1. The van der Waals surface area contributed by atoms with Gasteiger partial charge in [-0.15, -0.1) is 5.10 Å². The molecule has 0 spiro atoms. The van der Waals surface area contributed by atoms with Gasteiger partial charge in [0.05, 0.1) is 11.8 Å². The molecule has 0 aromatic carbocycles. The molecule has 1 aromatic rings. The molecule has 7 nitrogen and oxygen atoms in total. The highest BCUT2D eigenvalue weighted by Crippen LogP contribution is 2.35. The lowest BCUT2D eigenvalue weighted by atomic mass is 9.91. The van der Waals surface area contributed by atoms with E-state index in [1.54, 1.807) is 0 Å². The molecule has 7 heteroatoms. The average molecular weight is 345 g/mol. The number of carbonyl (C=O) groups is 1. The van der Waals surface area contributed by atoms with Crippen LogP contribution in [0, 0.1) is 12.8 Å². The third kappa shape index (κ3) is 3.48. The Balaban J connectivity index is 1.36. The maximum absolute atomic E-state index is 12.8. The van der Waals surface area contributed by atoms with Crippen LogP contribution in [-0.4, -0.2) is 84.4 Å². The number of rotatable bonds is 2. The molecule has 4 heterocycles. The Hall–Kier alpha value is -1.73. The number of carbonyl (C=O) groups excluding carboxylic acids is 1. The van der Waals surface area contributed by atoms with Gasteiger partial charge in [0.1, 0.15) is 6.10 Å². The molecule has 0 unspecified atom stereocenters. The van der Waals surface area contributed by atoms with Gasteiger partial charge in [0.25, 0.3) is 5.91 Å². The maximum atomic E-state index is 12.8. The Labute approximate surface area is 148 Å². The molecule has 4 rings (SSSR count). The second-order valence-electron chi connectivity index (χ2n) is 7.56. The van der Waals surface area contributed by atoms with Gasteiger partial charge in [-0.1, -0.05) is 0 Å². The summed E-state index contributed by atoms with van der Waals surface area (Å²) in [6, 6.07) is 4.01. The smallest absolute Gasteiger partial charge is 0.251 e. The highest BCUT2D eigenvalue weighted by atomic mass is 16.5. The summed E-state index contributed by atoms with van der Waals surface area (Å²) in [5, 5.41) is 8.44. The van der Waals surface area contributed by atoms with Crippen molar-refractivity contribution in [2.75, 3.05) is 51.2 Å². The number of fused-ring (bicyclic) bond motifs is 1. The van der Waals surface area contributed by atoms with Gasteiger partial charge in [0, 0.05) is 39.3 Å². The van der Waals surface area contributed by atoms with Gasteiger partial charge in [-0.25, -0.2) is 0 Å². The summed E-state index contributed by atoms with van der Waals surface area (Å²) in [6.07, 6.45) is 1.77. The molecule has 0 N–H and O–H groups in total. The lowest BCUT2D eigenvalue weighted by Gasteiger charge is -2.35. The van der Waals surface area contributed by atoms with Crippen LogP contribution in [0.15, 0.2) is 12.1 Å². The number of piperidine rings is 1. The molecule has 0 radical (unpaired) electrons. The van der Waals surface area contributed by atoms with Crippen molar-refractivity contribution in [2.24, 2.45) is 5.92 Å². The molecule has 0 aliphatic carbocycles. The Morgan fingerprint density at radius 2 is 1.96 bits per heavy atom. The van der Waals surface area contributed by atoms with Crippen LogP contribution in [0.4, 0.5) is 5.82 Å². The van der Waals surface area contributed by atoms with Crippen LogP contribution in [0.25, 0.3) is 0 Å². The minimum atomic E-state index is -0.262. The van der Waals surface area contributed by atoms with Crippen molar-refractivity contribution in [1.82, 2.24) is 20.0 Å². The second-order valence-corrected chi connectivity index (χ2v) is 7.56. The molecule has 1 aromatic heterocycles. The fraction of sp³-hybridized carbons (Fsp3) is 0.722. The summed E-state index contributed by atoms with van der Waals surface area (Å²) in [5.74, 6) is 1.57. The van der Waals surface area contributed by atoms with E-state index >= 15 is 0 Å². The van der Waals surface area contributed by atoms with E-state index in [1.807, 2.05) is 24.0 Å². The topological polar surface area (TPSA) is 61.8 Å². The van der Waals surface area contributed by atoms with Crippen molar-refractivity contribution >= 4 is 11.7 Å². The molecule has 3 fully saturated rings. The summed E-state index contributed by atoms with van der Waals surface area (Å²) in [6.45, 7) is 7.23. The third-order valence-corrected chi connectivity index (χ3v) is 5.75. The van der Waals surface area contributed by atoms with Gasteiger partial charge in [0.2, 0.25) is 0 Å². The largest absolute Gasteiger partial charge is 0.363 e. The summed E-state index contributed by atoms with van der Waals surface area (Å²) in [7, 11) is 2.10. The molecule has 25 heavy (non-hydrogen) atoms. The van der Waals surface area contributed by atoms with Crippen LogP contribution < -0.4 is 4.90 Å². The Morgan fingerprint density at radius 1 is 1.16 bits per heavy atom. The summed E-state index contributed by atoms with van der Waals surface area (Å²) < 4.78 is 6.19. The normalized spacial score (nSPS) is 30.4. The molecular weight excluding hydrogens is 318 g/mol. The molecule has 1 amide bonds. The zero-order chi connectivity index (χ0) is 17.4. The highest BCUT2D eigenvalue weighted by Gasteiger charge is 2.43. The molecule has 3 atom stereocenters. The minimum Gasteiger partial charge on any atom is -0.363 e. The Morgan fingerprint density at radius 3 is 2.68 bits per heavy atom. The summed E-state index contributed by atoms with van der Waals surface area (Å²) in [4.78, 5) is 19.3. The number of piperazine rings is 1. The van der Waals surface area contributed by atoms with Gasteiger partial charge in [-0.2, -0.15) is 5.10 Å². The van der Waals surface area contributed by atoms with E-state index in [1.165, 1.54) is 0 Å². The summed E-state index contributed by atoms with van der Waals surface area (Å²) >= 11 is 0. The molecule has 136 valence electrons. The quantitative estimate of drug-likeness (QED) is 0.780. The zero-order valence-electron chi connectivity index (χ0n) is 15.1. The number of ether oxygens (including phenoxy) is 1. The SMILES string of the molecule is Cc1ccc(N2CC[C@H]3C[C@H](C(=O)N4CCN(C)CC4)O[C@H]3C2)nn1. The monoisotopic (exact) mass is 345 g/mol. The lowest BCUT2D eigenvalue weighted by molar-refractivity contribution is -0.144. The number of nitrogens with zero attached hydrogens (tertiary/aromatic N) is 5. The van der Waals surface area contributed by atoms with Gasteiger partial charge in [-0.05, 0) is 44.9 Å². The number of likely N-dealkylation sites (N-methyl/N-ethyl adjacent to an activating group) is 1. The lowest BCUT2D eigenvalue weighted by Crippen LogP contribution is -2.50. The van der Waals surface area contributed by atoms with Crippen LogP contribution in [0.3, 0.4) is 0 Å². The van der Waals surface area contributed by atoms with Crippen LogP contribution in [-0.2, 0) is 9.53 Å². The Bertz CT molecular complexity index is 614. The standard InChI is InChI=1S/C18H27N5O2/c1-13-3-4-17(20-19-13)23-6-5-14-11-15(25-16(14)12-23)18(24)22-9-7-21(2)8-10-22/h3-4,14-16H,5-12H2,1-2H3/t14-,15+,16-/m0/s1. The van der Waals surface area contributed by atoms with Crippen molar-refractivity contribution in [3.05, 3.63) is 17.8 Å². The minimum absolute atomic E-state index is 0.123. The molecule has 3 aliphatic rings. The van der Waals surface area contributed by atoms with E-state index in [0.717, 1.165) is 63.6 Å². The van der Waals surface area contributed by atoms with E-state index in [0.29, 0.717) is 5.92 Å². The van der Waals surface area contributed by atoms with Crippen molar-refractivity contribution in [3.63, 3.8) is 0 Å². The fourth-order valence-electron chi connectivity index (χ4n) is 4.09. The number of anilines is 1. The summed E-state index contributed by atoms with van der Waals surface area (Å²) in [5.41, 5.74) is 0.925. The molecule has 3 aliphatic heterocycles.